The van der Waals surface area contributed by atoms with Crippen LogP contribution in [-0.4, -0.2) is 38.7 Å². The van der Waals surface area contributed by atoms with E-state index in [-0.39, 0.29) is 24.3 Å². The van der Waals surface area contributed by atoms with Gasteiger partial charge in [0.25, 0.3) is 0 Å². The Hall–Kier alpha value is -5.00. The fraction of sp³-hybridized carbons (Fsp3) is 0.216. The Morgan fingerprint density at radius 2 is 1.44 bits per heavy atom. The van der Waals surface area contributed by atoms with E-state index in [1.54, 1.807) is 12.1 Å². The molecule has 0 saturated carbocycles. The van der Waals surface area contributed by atoms with Crippen LogP contribution >= 0.6 is 11.8 Å². The number of methoxy groups -OCH3 is 3. The van der Waals surface area contributed by atoms with Gasteiger partial charge in [-0.05, 0) is 71.2 Å². The molecular formula is C37H32O7S. The summed E-state index contributed by atoms with van der Waals surface area (Å²) in [6, 6.07) is 27.4. The van der Waals surface area contributed by atoms with E-state index < -0.39 is 29.2 Å². The molecule has 0 aromatic heterocycles. The van der Waals surface area contributed by atoms with E-state index in [1.165, 1.54) is 39.2 Å². The number of ether oxygens (including phenoxy) is 4. The first-order valence-electron chi connectivity index (χ1n) is 14.3. The number of ketones is 3. The summed E-state index contributed by atoms with van der Waals surface area (Å²) in [7, 11) is 4.44. The second kappa shape index (κ2) is 14.2. The molecule has 0 aliphatic heterocycles. The van der Waals surface area contributed by atoms with Gasteiger partial charge in [-0.25, -0.2) is 0 Å². The van der Waals surface area contributed by atoms with Crippen molar-refractivity contribution in [2.24, 2.45) is 0 Å². The predicted molar refractivity (Wildman–Crippen MR) is 172 cm³/mol. The van der Waals surface area contributed by atoms with Crippen LogP contribution in [0.1, 0.15) is 39.9 Å². The monoisotopic (exact) mass is 620 g/mol. The van der Waals surface area contributed by atoms with Gasteiger partial charge in [-0.3, -0.25) is 14.4 Å². The van der Waals surface area contributed by atoms with Crippen molar-refractivity contribution >= 4 is 29.1 Å². The minimum Gasteiger partial charge on any atom is -0.496 e. The van der Waals surface area contributed by atoms with Crippen molar-refractivity contribution in [3.63, 3.8) is 0 Å². The third-order valence-corrected chi connectivity index (χ3v) is 8.53. The smallest absolute Gasteiger partial charge is 0.224 e. The van der Waals surface area contributed by atoms with Gasteiger partial charge in [0.2, 0.25) is 5.78 Å². The third kappa shape index (κ3) is 6.59. The number of hydrogen-bond acceptors (Lipinski definition) is 8. The van der Waals surface area contributed by atoms with Crippen LogP contribution in [0.25, 0.3) is 0 Å². The van der Waals surface area contributed by atoms with Crippen LogP contribution in [0.5, 0.6) is 23.0 Å². The number of hydrogen-bond donors (Lipinski definition) is 0. The highest BCUT2D eigenvalue weighted by Gasteiger charge is 2.52. The van der Waals surface area contributed by atoms with E-state index in [4.69, 9.17) is 18.9 Å². The molecule has 0 heterocycles. The van der Waals surface area contributed by atoms with Crippen LogP contribution in [0.15, 0.2) is 95.9 Å². The zero-order valence-electron chi connectivity index (χ0n) is 25.3. The van der Waals surface area contributed by atoms with E-state index in [0.29, 0.717) is 29.2 Å². The van der Waals surface area contributed by atoms with Gasteiger partial charge in [0.15, 0.2) is 23.1 Å². The molecular weight excluding hydrogens is 588 g/mol. The van der Waals surface area contributed by atoms with Crippen molar-refractivity contribution < 1.29 is 33.3 Å². The first kappa shape index (κ1) is 31.4. The highest BCUT2D eigenvalue weighted by atomic mass is 32.2. The summed E-state index contributed by atoms with van der Waals surface area (Å²) in [6.07, 6.45) is 0.0864. The van der Waals surface area contributed by atoms with Crippen molar-refractivity contribution in [2.45, 2.75) is 36.2 Å². The van der Waals surface area contributed by atoms with E-state index in [0.717, 1.165) is 16.0 Å². The van der Waals surface area contributed by atoms with Crippen molar-refractivity contribution in [3.05, 3.63) is 113 Å². The standard InChI is InChI=1S/C37H32O7S/c1-41-30-16-10-13-26-17-19-37(36(26)30,34(39)18-20-45-27-14-8-5-9-15-27)35(40)22-29(38)28-21-32(42-2)33(43-3)23-31(28)44-24-25-11-6-4-7-12-25/h4-16,21,23H,17,19,22,24H2,1-3H3/t37-/m1/s1. The second-order valence-corrected chi connectivity index (χ2v) is 11.3. The average molecular weight is 621 g/mol. The van der Waals surface area contributed by atoms with Gasteiger partial charge < -0.3 is 18.9 Å². The third-order valence-electron chi connectivity index (χ3n) is 7.81. The summed E-state index contributed by atoms with van der Waals surface area (Å²) in [5.41, 5.74) is 0.668. The summed E-state index contributed by atoms with van der Waals surface area (Å²) >= 11 is 1.20. The molecule has 7 nitrogen and oxygen atoms in total. The number of fused-ring (bicyclic) bond motifs is 1. The Balaban J connectivity index is 1.50. The maximum atomic E-state index is 14.4. The average Bonchev–Trinajstić information content (AvgIpc) is 3.49. The minimum absolute atomic E-state index is 0.142. The van der Waals surface area contributed by atoms with E-state index >= 15 is 0 Å². The van der Waals surface area contributed by atoms with Crippen molar-refractivity contribution in [1.82, 2.24) is 0 Å². The molecule has 1 atom stereocenters. The molecule has 228 valence electrons. The molecule has 4 aromatic carbocycles. The van der Waals surface area contributed by atoms with Crippen LogP contribution in [0.2, 0.25) is 0 Å². The second-order valence-electron chi connectivity index (χ2n) is 10.4. The highest BCUT2D eigenvalue weighted by Crippen LogP contribution is 2.47. The molecule has 1 aliphatic carbocycles. The summed E-state index contributed by atoms with van der Waals surface area (Å²) in [5, 5.41) is 2.87. The van der Waals surface area contributed by atoms with E-state index in [9.17, 15) is 14.4 Å². The van der Waals surface area contributed by atoms with Crippen LogP contribution in [0.3, 0.4) is 0 Å². The molecule has 0 saturated heterocycles. The largest absolute Gasteiger partial charge is 0.496 e. The molecule has 0 bridgehead atoms. The van der Waals surface area contributed by atoms with E-state index in [1.807, 2.05) is 72.8 Å². The van der Waals surface area contributed by atoms with Crippen molar-refractivity contribution in [3.8, 4) is 34.2 Å². The number of aryl methyl sites for hydroxylation is 1. The molecule has 0 amide bonds. The Kier molecular flexibility index (Phi) is 9.91. The molecule has 45 heavy (non-hydrogen) atoms. The summed E-state index contributed by atoms with van der Waals surface area (Å²) < 4.78 is 22.6. The molecule has 0 unspecified atom stereocenters. The van der Waals surface area contributed by atoms with Gasteiger partial charge in [0, 0.05) is 16.5 Å². The lowest BCUT2D eigenvalue weighted by atomic mass is 9.72. The van der Waals surface area contributed by atoms with Gasteiger partial charge in [-0.15, -0.1) is 0 Å². The summed E-state index contributed by atoms with van der Waals surface area (Å²) in [6.45, 7) is 0.187. The zero-order chi connectivity index (χ0) is 31.8. The van der Waals surface area contributed by atoms with Crippen LogP contribution in [-0.2, 0) is 28.0 Å². The number of carbonyl (C=O) groups excluding carboxylic acids is 3. The quantitative estimate of drug-likeness (QED) is 0.0754. The summed E-state index contributed by atoms with van der Waals surface area (Å²) in [5.74, 6) is 2.39. The summed E-state index contributed by atoms with van der Waals surface area (Å²) in [4.78, 5) is 43.2. The predicted octanol–water partition coefficient (Wildman–Crippen LogP) is 6.64. The normalized spacial score (nSPS) is 14.8. The molecule has 0 fully saturated rings. The van der Waals surface area contributed by atoms with Crippen LogP contribution in [0, 0.1) is 11.2 Å². The molecule has 0 radical (unpaired) electrons. The number of thioether (sulfide) groups is 1. The Bertz CT molecular complexity index is 1770. The molecule has 0 N–H and O–H groups in total. The minimum atomic E-state index is -1.66. The number of rotatable bonds is 12. The SMILES string of the molecule is COc1cc(OCc2ccccc2)c(C(=O)CC(=O)[C@]2(C(=O)C#CSc3ccccc3)CCc3cccc(OC)c32)cc1OC. The van der Waals surface area contributed by atoms with Gasteiger partial charge in [-0.1, -0.05) is 60.7 Å². The molecule has 8 heteroatoms. The maximum absolute atomic E-state index is 14.4. The number of Topliss-reactive ketones (excluding diaryl/α,β-unsaturated/α-hetero) is 3. The molecule has 4 aromatic rings. The molecule has 0 spiro atoms. The highest BCUT2D eigenvalue weighted by molar-refractivity contribution is 8.04. The van der Waals surface area contributed by atoms with E-state index in [2.05, 4.69) is 11.2 Å². The fourth-order valence-electron chi connectivity index (χ4n) is 5.57. The maximum Gasteiger partial charge on any atom is 0.224 e. The Labute approximate surface area is 266 Å². The lowest BCUT2D eigenvalue weighted by Gasteiger charge is -2.26. The lowest BCUT2D eigenvalue weighted by molar-refractivity contribution is -0.131. The first-order valence-corrected chi connectivity index (χ1v) is 15.2. The lowest BCUT2D eigenvalue weighted by Crippen LogP contribution is -2.42. The van der Waals surface area contributed by atoms with Gasteiger partial charge in [0.1, 0.15) is 23.5 Å². The van der Waals surface area contributed by atoms with Crippen molar-refractivity contribution in [1.29, 1.82) is 0 Å². The number of carbonyl (C=O) groups is 3. The topological polar surface area (TPSA) is 88.1 Å². The zero-order valence-corrected chi connectivity index (χ0v) is 26.1. The van der Waals surface area contributed by atoms with Gasteiger partial charge in [0.05, 0.1) is 33.3 Å². The molecule has 1 aliphatic rings. The van der Waals surface area contributed by atoms with Crippen LogP contribution < -0.4 is 18.9 Å². The fourth-order valence-corrected chi connectivity index (χ4v) is 6.12. The number of benzene rings is 4. The van der Waals surface area contributed by atoms with Gasteiger partial charge in [-0.2, -0.15) is 0 Å². The Morgan fingerprint density at radius 1 is 0.778 bits per heavy atom. The Morgan fingerprint density at radius 3 is 2.13 bits per heavy atom. The van der Waals surface area contributed by atoms with Crippen molar-refractivity contribution in [2.75, 3.05) is 21.3 Å². The van der Waals surface area contributed by atoms with Crippen LogP contribution in [0.4, 0.5) is 0 Å². The van der Waals surface area contributed by atoms with Gasteiger partial charge >= 0.3 is 0 Å². The molecule has 5 rings (SSSR count). The first-order chi connectivity index (χ1) is 21.9.